The van der Waals surface area contributed by atoms with Crippen molar-refractivity contribution in [3.63, 3.8) is 0 Å². The molecule has 0 saturated heterocycles. The number of rotatable bonds is 3. The minimum absolute atomic E-state index is 0. The van der Waals surface area contributed by atoms with Crippen molar-refractivity contribution >= 4 is 29.8 Å². The van der Waals surface area contributed by atoms with E-state index < -0.39 is 0 Å². The first kappa shape index (κ1) is 17.2. The van der Waals surface area contributed by atoms with E-state index in [2.05, 4.69) is 25.7 Å². The molecule has 0 fully saturated rings. The van der Waals surface area contributed by atoms with E-state index in [4.69, 9.17) is 0 Å². The third-order valence-corrected chi connectivity index (χ3v) is 3.96. The first-order valence-electron chi connectivity index (χ1n) is 7.68. The number of anilines is 1. The normalized spacial score (nSPS) is 13.2. The van der Waals surface area contributed by atoms with E-state index in [-0.39, 0.29) is 36.2 Å². The van der Waals surface area contributed by atoms with Gasteiger partial charge in [0.05, 0.1) is 12.1 Å². The van der Waals surface area contributed by atoms with Gasteiger partial charge in [0.25, 0.3) is 5.78 Å². The molecule has 2 N–H and O–H groups in total. The highest BCUT2D eigenvalue weighted by molar-refractivity contribution is 5.92. The standard InChI is InChI=1S/C16H15FN6O.ClH/c17-15-11-4-6-18-9-10(11)2-3-12(15)20-14(24)8-13-21-16-19-5-1-7-23(16)22-13;/h1-3,5,7,18H,4,6,8-9H2,(H,20,24);1H. The Hall–Kier alpha value is -2.58. The van der Waals surface area contributed by atoms with Crippen LogP contribution in [-0.2, 0) is 24.2 Å². The van der Waals surface area contributed by atoms with Crippen LogP contribution in [0.25, 0.3) is 5.78 Å². The Kier molecular flexibility index (Phi) is 4.91. The number of nitrogens with one attached hydrogen (secondary N) is 2. The molecule has 0 aliphatic carbocycles. The van der Waals surface area contributed by atoms with Gasteiger partial charge in [-0.25, -0.2) is 13.9 Å². The van der Waals surface area contributed by atoms with Crippen molar-refractivity contribution in [2.75, 3.05) is 11.9 Å². The van der Waals surface area contributed by atoms with Crippen molar-refractivity contribution in [1.29, 1.82) is 0 Å². The van der Waals surface area contributed by atoms with Crippen LogP contribution in [-0.4, -0.2) is 32.0 Å². The Morgan fingerprint density at radius 2 is 2.28 bits per heavy atom. The van der Waals surface area contributed by atoms with Gasteiger partial charge in [-0.1, -0.05) is 6.07 Å². The zero-order valence-corrected chi connectivity index (χ0v) is 14.0. The van der Waals surface area contributed by atoms with E-state index in [9.17, 15) is 9.18 Å². The van der Waals surface area contributed by atoms with Gasteiger partial charge in [-0.15, -0.1) is 17.5 Å². The SMILES string of the molecule is Cl.O=C(Cc1nc2ncccn2n1)Nc1ccc2c(c1F)CCNC2. The Labute approximate surface area is 149 Å². The maximum Gasteiger partial charge on any atom is 0.252 e. The molecular weight excluding hydrogens is 347 g/mol. The summed E-state index contributed by atoms with van der Waals surface area (Å²) in [6.07, 6.45) is 3.88. The zero-order valence-electron chi connectivity index (χ0n) is 13.2. The van der Waals surface area contributed by atoms with Gasteiger partial charge in [0.2, 0.25) is 5.91 Å². The van der Waals surface area contributed by atoms with Crippen LogP contribution in [0.1, 0.15) is 17.0 Å². The van der Waals surface area contributed by atoms with Crippen LogP contribution in [0, 0.1) is 5.82 Å². The summed E-state index contributed by atoms with van der Waals surface area (Å²) >= 11 is 0. The Morgan fingerprint density at radius 1 is 1.40 bits per heavy atom. The molecule has 4 rings (SSSR count). The number of nitrogens with zero attached hydrogens (tertiary/aromatic N) is 4. The van der Waals surface area contributed by atoms with Gasteiger partial charge in [0.15, 0.2) is 5.82 Å². The molecule has 7 nitrogen and oxygen atoms in total. The predicted molar refractivity (Wildman–Crippen MR) is 92.2 cm³/mol. The molecule has 1 aliphatic heterocycles. The van der Waals surface area contributed by atoms with Crippen LogP contribution in [0.15, 0.2) is 30.6 Å². The van der Waals surface area contributed by atoms with Crippen LogP contribution in [0.2, 0.25) is 0 Å². The number of aromatic nitrogens is 4. The van der Waals surface area contributed by atoms with E-state index in [1.165, 1.54) is 4.52 Å². The van der Waals surface area contributed by atoms with Gasteiger partial charge >= 0.3 is 0 Å². The van der Waals surface area contributed by atoms with Crippen LogP contribution in [0.5, 0.6) is 0 Å². The van der Waals surface area contributed by atoms with Gasteiger partial charge in [0.1, 0.15) is 5.82 Å². The monoisotopic (exact) mass is 362 g/mol. The minimum atomic E-state index is -0.362. The lowest BCUT2D eigenvalue weighted by Gasteiger charge is -2.19. The Balaban J connectivity index is 0.00000182. The summed E-state index contributed by atoms with van der Waals surface area (Å²) in [5.41, 5.74) is 1.80. The number of hydrogen-bond donors (Lipinski definition) is 2. The molecule has 0 bridgehead atoms. The molecule has 0 spiro atoms. The number of hydrogen-bond acceptors (Lipinski definition) is 5. The number of carbonyl (C=O) groups excluding carboxylic acids is 1. The molecule has 1 aliphatic rings. The van der Waals surface area contributed by atoms with Gasteiger partial charge in [-0.3, -0.25) is 4.79 Å². The van der Waals surface area contributed by atoms with Crippen molar-refractivity contribution in [3.8, 4) is 0 Å². The fraction of sp³-hybridized carbons (Fsp3) is 0.250. The third-order valence-electron chi connectivity index (χ3n) is 3.96. The summed E-state index contributed by atoms with van der Waals surface area (Å²) in [7, 11) is 0. The molecule has 9 heteroatoms. The average molecular weight is 363 g/mol. The van der Waals surface area contributed by atoms with E-state index in [1.54, 1.807) is 24.5 Å². The second kappa shape index (κ2) is 7.12. The largest absolute Gasteiger partial charge is 0.323 e. The average Bonchev–Trinajstić information content (AvgIpc) is 2.99. The van der Waals surface area contributed by atoms with Crippen molar-refractivity contribution in [3.05, 3.63) is 53.4 Å². The third kappa shape index (κ3) is 3.45. The van der Waals surface area contributed by atoms with Crippen molar-refractivity contribution in [1.82, 2.24) is 24.9 Å². The van der Waals surface area contributed by atoms with Crippen molar-refractivity contribution < 1.29 is 9.18 Å². The molecule has 25 heavy (non-hydrogen) atoms. The van der Waals surface area contributed by atoms with Crippen molar-refractivity contribution in [2.24, 2.45) is 0 Å². The fourth-order valence-electron chi connectivity index (χ4n) is 2.82. The Morgan fingerprint density at radius 3 is 3.12 bits per heavy atom. The highest BCUT2D eigenvalue weighted by Gasteiger charge is 2.18. The molecule has 130 valence electrons. The summed E-state index contributed by atoms with van der Waals surface area (Å²) in [5.74, 6) is 0.0483. The lowest BCUT2D eigenvalue weighted by molar-refractivity contribution is -0.115. The molecule has 1 aromatic carbocycles. The molecule has 3 heterocycles. The van der Waals surface area contributed by atoms with Crippen molar-refractivity contribution in [2.45, 2.75) is 19.4 Å². The predicted octanol–water partition coefficient (Wildman–Crippen LogP) is 1.51. The zero-order chi connectivity index (χ0) is 16.5. The number of benzene rings is 1. The molecule has 3 aromatic rings. The summed E-state index contributed by atoms with van der Waals surface area (Å²) in [6.45, 7) is 1.39. The quantitative estimate of drug-likeness (QED) is 0.738. The topological polar surface area (TPSA) is 84.2 Å². The van der Waals surface area contributed by atoms with E-state index in [1.807, 2.05) is 6.07 Å². The highest BCUT2D eigenvalue weighted by atomic mass is 35.5. The summed E-state index contributed by atoms with van der Waals surface area (Å²) in [4.78, 5) is 20.4. The van der Waals surface area contributed by atoms with Gasteiger partial charge in [-0.05, 0) is 36.2 Å². The second-order valence-corrected chi connectivity index (χ2v) is 5.61. The van der Waals surface area contributed by atoms with E-state index in [0.29, 0.717) is 30.1 Å². The number of halogens is 2. The molecule has 0 saturated carbocycles. The van der Waals surface area contributed by atoms with E-state index in [0.717, 1.165) is 12.1 Å². The minimum Gasteiger partial charge on any atom is -0.323 e. The second-order valence-electron chi connectivity index (χ2n) is 5.61. The first-order valence-corrected chi connectivity index (χ1v) is 7.68. The van der Waals surface area contributed by atoms with Gasteiger partial charge < -0.3 is 10.6 Å². The summed E-state index contributed by atoms with van der Waals surface area (Å²) < 4.78 is 16.0. The lowest BCUT2D eigenvalue weighted by atomic mass is 9.99. The fourth-order valence-corrected chi connectivity index (χ4v) is 2.82. The molecule has 0 unspecified atom stereocenters. The number of carbonyl (C=O) groups is 1. The van der Waals surface area contributed by atoms with Gasteiger partial charge in [-0.2, -0.15) is 4.98 Å². The highest BCUT2D eigenvalue weighted by Crippen LogP contribution is 2.24. The number of amides is 1. The van der Waals surface area contributed by atoms with Crippen LogP contribution < -0.4 is 10.6 Å². The maximum absolute atomic E-state index is 14.5. The van der Waals surface area contributed by atoms with Crippen LogP contribution in [0.3, 0.4) is 0 Å². The summed E-state index contributed by atoms with van der Waals surface area (Å²) in [5, 5.41) is 9.97. The Bertz CT molecular complexity index is 895. The molecule has 2 aromatic heterocycles. The van der Waals surface area contributed by atoms with E-state index >= 15 is 0 Å². The van der Waals surface area contributed by atoms with Crippen LogP contribution >= 0.6 is 12.4 Å². The molecule has 1 amide bonds. The van der Waals surface area contributed by atoms with Crippen LogP contribution in [0.4, 0.5) is 10.1 Å². The molecule has 0 atom stereocenters. The maximum atomic E-state index is 14.5. The van der Waals surface area contributed by atoms with Gasteiger partial charge in [0, 0.05) is 18.9 Å². The summed E-state index contributed by atoms with van der Waals surface area (Å²) in [6, 6.07) is 5.16. The first-order chi connectivity index (χ1) is 11.7. The smallest absolute Gasteiger partial charge is 0.252 e. The lowest BCUT2D eigenvalue weighted by Crippen LogP contribution is -2.25. The molecular formula is C16H16ClFN6O. The number of fused-ring (bicyclic) bond motifs is 2. The molecule has 0 radical (unpaired) electrons.